The number of allylic oxidation sites excluding steroid dienone is 2. The van der Waals surface area contributed by atoms with Crippen molar-refractivity contribution < 1.29 is 4.79 Å². The van der Waals surface area contributed by atoms with Gasteiger partial charge >= 0.3 is 0 Å². The number of amides is 1. The van der Waals surface area contributed by atoms with E-state index in [1.165, 1.54) is 5.56 Å². The van der Waals surface area contributed by atoms with E-state index < -0.39 is 0 Å². The number of hydrogen-bond donors (Lipinski definition) is 2. The van der Waals surface area contributed by atoms with Crippen LogP contribution < -0.4 is 10.6 Å². The Labute approximate surface area is 133 Å². The van der Waals surface area contributed by atoms with Crippen molar-refractivity contribution in [2.45, 2.75) is 39.7 Å². The fourth-order valence-electron chi connectivity index (χ4n) is 2.11. The van der Waals surface area contributed by atoms with Crippen molar-refractivity contribution in [3.05, 3.63) is 47.7 Å². The highest BCUT2D eigenvalue weighted by atomic mass is 16.1. The third kappa shape index (κ3) is 6.68. The van der Waals surface area contributed by atoms with Gasteiger partial charge in [0, 0.05) is 18.3 Å². The summed E-state index contributed by atoms with van der Waals surface area (Å²) in [6.45, 7) is 6.17. The molecule has 0 aliphatic carbocycles. The zero-order chi connectivity index (χ0) is 16.4. The quantitative estimate of drug-likeness (QED) is 0.725. The number of nitrogens with one attached hydrogen (secondary N) is 2. The largest absolute Gasteiger partial charge is 0.351 e. The first kappa shape index (κ1) is 18.1. The zero-order valence-corrected chi connectivity index (χ0v) is 14.0. The fraction of sp³-hybridized carbons (Fsp3) is 0.444. The Kier molecular flexibility index (Phi) is 8.15. The molecule has 120 valence electrons. The van der Waals surface area contributed by atoms with Crippen molar-refractivity contribution in [3.8, 4) is 0 Å². The maximum absolute atomic E-state index is 11.9. The Hall–Kier alpha value is -1.94. The number of benzene rings is 1. The molecule has 0 aromatic heterocycles. The van der Waals surface area contributed by atoms with Crippen molar-refractivity contribution >= 4 is 11.6 Å². The third-order valence-electron chi connectivity index (χ3n) is 3.60. The molecule has 1 aromatic rings. The Morgan fingerprint density at radius 3 is 2.55 bits per heavy atom. The second kappa shape index (κ2) is 9.90. The molecule has 1 rings (SSSR count). The van der Waals surface area contributed by atoms with Crippen molar-refractivity contribution in [1.29, 1.82) is 0 Å². The number of nitrogens with zero attached hydrogens (tertiary/aromatic N) is 1. The Morgan fingerprint density at radius 2 is 1.95 bits per heavy atom. The smallest absolute Gasteiger partial charge is 0.265 e. The molecule has 0 spiro atoms. The van der Waals surface area contributed by atoms with Gasteiger partial charge in [-0.05, 0) is 46.2 Å². The highest BCUT2D eigenvalue weighted by Gasteiger charge is 2.09. The summed E-state index contributed by atoms with van der Waals surface area (Å²) in [6.07, 6.45) is 3.72. The van der Waals surface area contributed by atoms with Crippen LogP contribution in [0.3, 0.4) is 0 Å². The van der Waals surface area contributed by atoms with E-state index in [2.05, 4.69) is 27.8 Å². The molecule has 4 nitrogen and oxygen atoms in total. The lowest BCUT2D eigenvalue weighted by Crippen LogP contribution is -2.36. The summed E-state index contributed by atoms with van der Waals surface area (Å²) in [5.74, 6) is -0.101. The molecule has 4 heteroatoms. The van der Waals surface area contributed by atoms with Crippen LogP contribution in [0.2, 0.25) is 0 Å². The highest BCUT2D eigenvalue weighted by Crippen LogP contribution is 2.05. The lowest BCUT2D eigenvalue weighted by Gasteiger charge is -2.16. The molecule has 1 atom stereocenters. The van der Waals surface area contributed by atoms with Crippen molar-refractivity contribution in [2.75, 3.05) is 13.6 Å². The maximum Gasteiger partial charge on any atom is 0.265 e. The Morgan fingerprint density at radius 1 is 1.27 bits per heavy atom. The molecule has 0 aliphatic rings. The minimum Gasteiger partial charge on any atom is -0.351 e. The highest BCUT2D eigenvalue weighted by molar-refractivity contribution is 6.38. The van der Waals surface area contributed by atoms with Crippen LogP contribution in [-0.4, -0.2) is 31.3 Å². The molecule has 0 saturated heterocycles. The average molecular weight is 301 g/mol. The van der Waals surface area contributed by atoms with Crippen LogP contribution in [0.15, 0.2) is 47.1 Å². The topological polar surface area (TPSA) is 53.5 Å². The van der Waals surface area contributed by atoms with Gasteiger partial charge in [0.2, 0.25) is 0 Å². The SMILES string of the molecule is C/C=C(/C)N=C(C)C(=O)NCC[C@H](Cc1ccccc1)NC. The molecule has 22 heavy (non-hydrogen) atoms. The van der Waals surface area contributed by atoms with Crippen LogP contribution in [-0.2, 0) is 11.2 Å². The van der Waals surface area contributed by atoms with E-state index in [4.69, 9.17) is 0 Å². The van der Waals surface area contributed by atoms with E-state index in [0.29, 0.717) is 18.3 Å². The van der Waals surface area contributed by atoms with Gasteiger partial charge in [-0.1, -0.05) is 36.4 Å². The van der Waals surface area contributed by atoms with Crippen molar-refractivity contribution in [3.63, 3.8) is 0 Å². The molecular weight excluding hydrogens is 274 g/mol. The lowest BCUT2D eigenvalue weighted by atomic mass is 10.0. The van der Waals surface area contributed by atoms with Gasteiger partial charge in [0.25, 0.3) is 5.91 Å². The number of likely N-dealkylation sites (N-methyl/N-ethyl adjacent to an activating group) is 1. The number of carbonyl (C=O) groups excluding carboxylic acids is 1. The first-order chi connectivity index (χ1) is 10.6. The molecule has 0 heterocycles. The predicted molar refractivity (Wildman–Crippen MR) is 93.2 cm³/mol. The van der Waals surface area contributed by atoms with Gasteiger partial charge in [-0.3, -0.25) is 9.79 Å². The number of hydrogen-bond acceptors (Lipinski definition) is 3. The number of carbonyl (C=O) groups is 1. The van der Waals surface area contributed by atoms with Crippen molar-refractivity contribution in [1.82, 2.24) is 10.6 Å². The van der Waals surface area contributed by atoms with Gasteiger partial charge in [-0.15, -0.1) is 0 Å². The van der Waals surface area contributed by atoms with E-state index in [-0.39, 0.29) is 5.91 Å². The van der Waals surface area contributed by atoms with E-state index in [0.717, 1.165) is 18.5 Å². The van der Waals surface area contributed by atoms with Crippen molar-refractivity contribution in [2.24, 2.45) is 4.99 Å². The Balaban J connectivity index is 2.41. The van der Waals surface area contributed by atoms with Crippen LogP contribution in [0.4, 0.5) is 0 Å². The molecular formula is C18H27N3O. The first-order valence-corrected chi connectivity index (χ1v) is 7.74. The normalized spacial score (nSPS) is 13.8. The summed E-state index contributed by atoms with van der Waals surface area (Å²) in [7, 11) is 1.96. The van der Waals surface area contributed by atoms with Gasteiger partial charge in [-0.2, -0.15) is 0 Å². The standard InChI is InChI=1S/C18H27N3O/c1-5-14(2)21-15(3)18(22)20-12-11-17(19-4)13-16-9-7-6-8-10-16/h5-10,17,19H,11-13H2,1-4H3,(H,20,22)/b14-5-,21-15?/t17-/m1/s1. The predicted octanol–water partition coefficient (Wildman–Crippen LogP) is 2.71. The number of aliphatic imine (C=N–C) groups is 1. The molecule has 2 N–H and O–H groups in total. The third-order valence-corrected chi connectivity index (χ3v) is 3.60. The molecule has 0 unspecified atom stereocenters. The fourth-order valence-corrected chi connectivity index (χ4v) is 2.11. The van der Waals surface area contributed by atoms with E-state index in [1.54, 1.807) is 6.92 Å². The second-order valence-corrected chi connectivity index (χ2v) is 5.35. The van der Waals surface area contributed by atoms with E-state index in [9.17, 15) is 4.79 Å². The van der Waals surface area contributed by atoms with Gasteiger partial charge in [0.1, 0.15) is 5.71 Å². The second-order valence-electron chi connectivity index (χ2n) is 5.35. The summed E-state index contributed by atoms with van der Waals surface area (Å²) in [4.78, 5) is 16.2. The van der Waals surface area contributed by atoms with E-state index in [1.807, 2.05) is 45.2 Å². The maximum atomic E-state index is 11.9. The van der Waals surface area contributed by atoms with E-state index >= 15 is 0 Å². The summed E-state index contributed by atoms with van der Waals surface area (Å²) in [6, 6.07) is 10.7. The summed E-state index contributed by atoms with van der Waals surface area (Å²) >= 11 is 0. The lowest BCUT2D eigenvalue weighted by molar-refractivity contribution is -0.114. The first-order valence-electron chi connectivity index (χ1n) is 7.74. The van der Waals surface area contributed by atoms with Crippen LogP contribution in [0.25, 0.3) is 0 Å². The average Bonchev–Trinajstić information content (AvgIpc) is 2.54. The summed E-state index contributed by atoms with van der Waals surface area (Å²) < 4.78 is 0. The van der Waals surface area contributed by atoms with Gasteiger partial charge < -0.3 is 10.6 Å². The van der Waals surface area contributed by atoms with Gasteiger partial charge in [0.15, 0.2) is 0 Å². The monoisotopic (exact) mass is 301 g/mol. The Bertz CT molecular complexity index is 520. The van der Waals surface area contributed by atoms with Gasteiger partial charge in [0.05, 0.1) is 0 Å². The molecule has 0 aliphatic heterocycles. The van der Waals surface area contributed by atoms with Crippen LogP contribution in [0.5, 0.6) is 0 Å². The summed E-state index contributed by atoms with van der Waals surface area (Å²) in [5.41, 5.74) is 2.65. The molecule has 0 radical (unpaired) electrons. The van der Waals surface area contributed by atoms with Gasteiger partial charge in [-0.25, -0.2) is 0 Å². The van der Waals surface area contributed by atoms with Crippen LogP contribution in [0.1, 0.15) is 32.8 Å². The molecule has 0 saturated carbocycles. The minimum atomic E-state index is -0.101. The molecule has 1 aromatic carbocycles. The molecule has 0 fully saturated rings. The van der Waals surface area contributed by atoms with Crippen LogP contribution >= 0.6 is 0 Å². The van der Waals surface area contributed by atoms with Crippen LogP contribution in [0, 0.1) is 0 Å². The summed E-state index contributed by atoms with van der Waals surface area (Å²) in [5, 5.41) is 6.23. The minimum absolute atomic E-state index is 0.101. The molecule has 1 amide bonds. The molecule has 0 bridgehead atoms. The number of rotatable bonds is 8. The zero-order valence-electron chi connectivity index (χ0n) is 14.0.